The monoisotopic (exact) mass is 192 g/mol. The Hall–Kier alpha value is -1.09. The van der Waals surface area contributed by atoms with E-state index < -0.39 is 0 Å². The molecule has 0 aliphatic heterocycles. The quantitative estimate of drug-likeness (QED) is 0.784. The van der Waals surface area contributed by atoms with Crippen LogP contribution in [0.25, 0.3) is 0 Å². The van der Waals surface area contributed by atoms with Crippen molar-refractivity contribution in [2.75, 3.05) is 13.6 Å². The van der Waals surface area contributed by atoms with Crippen molar-refractivity contribution in [3.8, 4) is 5.88 Å². The zero-order valence-electron chi connectivity index (χ0n) is 8.44. The third-order valence-corrected chi connectivity index (χ3v) is 2.61. The number of nitrogens with zero attached hydrogens (tertiary/aromatic N) is 1. The Kier molecular flexibility index (Phi) is 2.99. The predicted octanol–water partition coefficient (Wildman–Crippen LogP) is 1.46. The smallest absolute Gasteiger partial charge is 0.213 e. The van der Waals surface area contributed by atoms with E-state index in [1.54, 1.807) is 6.20 Å². The predicted molar refractivity (Wildman–Crippen MR) is 55.3 cm³/mol. The molecule has 1 heterocycles. The molecule has 1 saturated carbocycles. The van der Waals surface area contributed by atoms with Crippen molar-refractivity contribution in [3.05, 3.63) is 24.4 Å². The van der Waals surface area contributed by atoms with E-state index in [-0.39, 0.29) is 0 Å². The minimum atomic E-state index is 0.378. The zero-order chi connectivity index (χ0) is 9.80. The van der Waals surface area contributed by atoms with Crippen molar-refractivity contribution in [2.24, 2.45) is 5.92 Å². The van der Waals surface area contributed by atoms with Crippen LogP contribution in [0.4, 0.5) is 0 Å². The lowest BCUT2D eigenvalue weighted by Crippen LogP contribution is -2.38. The Morgan fingerprint density at radius 3 is 3.00 bits per heavy atom. The maximum absolute atomic E-state index is 5.69. The number of ether oxygens (including phenoxy) is 1. The van der Waals surface area contributed by atoms with Gasteiger partial charge in [0.2, 0.25) is 5.88 Å². The molecule has 0 bridgehead atoms. The van der Waals surface area contributed by atoms with E-state index in [0.29, 0.717) is 6.10 Å². The highest BCUT2D eigenvalue weighted by molar-refractivity contribution is 5.10. The normalized spacial score (nSPS) is 25.5. The molecule has 0 unspecified atom stereocenters. The molecule has 1 aliphatic rings. The Morgan fingerprint density at radius 2 is 2.36 bits per heavy atom. The molecule has 3 nitrogen and oxygen atoms in total. The van der Waals surface area contributed by atoms with Crippen LogP contribution >= 0.6 is 0 Å². The van der Waals surface area contributed by atoms with E-state index in [1.165, 1.54) is 0 Å². The Bertz CT molecular complexity index is 270. The average Bonchev–Trinajstić information content (AvgIpc) is 2.16. The number of hydrogen-bond acceptors (Lipinski definition) is 3. The summed E-state index contributed by atoms with van der Waals surface area (Å²) in [6.45, 7) is 1.10. The number of aromatic nitrogens is 1. The molecule has 14 heavy (non-hydrogen) atoms. The average molecular weight is 192 g/mol. The van der Waals surface area contributed by atoms with Gasteiger partial charge in [-0.1, -0.05) is 6.07 Å². The van der Waals surface area contributed by atoms with Crippen LogP contribution in [0.3, 0.4) is 0 Å². The minimum absolute atomic E-state index is 0.378. The molecule has 2 rings (SSSR count). The minimum Gasteiger partial charge on any atom is -0.474 e. The van der Waals surface area contributed by atoms with Gasteiger partial charge in [-0.15, -0.1) is 0 Å². The highest BCUT2D eigenvalue weighted by atomic mass is 16.5. The number of hydrogen-bond donors (Lipinski definition) is 1. The summed E-state index contributed by atoms with van der Waals surface area (Å²) in [5, 5.41) is 3.18. The van der Waals surface area contributed by atoms with Crippen LogP contribution in [0.5, 0.6) is 5.88 Å². The van der Waals surface area contributed by atoms with E-state index in [1.807, 2.05) is 25.2 Å². The third-order valence-electron chi connectivity index (χ3n) is 2.61. The summed E-state index contributed by atoms with van der Waals surface area (Å²) in [5.74, 6) is 1.54. The summed E-state index contributed by atoms with van der Waals surface area (Å²) in [6, 6.07) is 5.76. The fourth-order valence-corrected chi connectivity index (χ4v) is 1.81. The van der Waals surface area contributed by atoms with Crippen LogP contribution in [0.1, 0.15) is 12.8 Å². The van der Waals surface area contributed by atoms with Gasteiger partial charge in [0.1, 0.15) is 6.10 Å². The van der Waals surface area contributed by atoms with Gasteiger partial charge < -0.3 is 10.1 Å². The summed E-state index contributed by atoms with van der Waals surface area (Å²) < 4.78 is 5.69. The van der Waals surface area contributed by atoms with Crippen molar-refractivity contribution in [3.63, 3.8) is 0 Å². The summed E-state index contributed by atoms with van der Waals surface area (Å²) in [6.07, 6.45) is 4.44. The van der Waals surface area contributed by atoms with Gasteiger partial charge in [-0.3, -0.25) is 0 Å². The Balaban J connectivity index is 1.74. The molecule has 1 N–H and O–H groups in total. The largest absolute Gasteiger partial charge is 0.474 e. The first-order valence-corrected chi connectivity index (χ1v) is 5.11. The van der Waals surface area contributed by atoms with Crippen molar-refractivity contribution < 1.29 is 4.74 Å². The molecular formula is C11H16N2O. The second kappa shape index (κ2) is 4.42. The second-order valence-electron chi connectivity index (χ2n) is 3.80. The van der Waals surface area contributed by atoms with Gasteiger partial charge in [0.05, 0.1) is 0 Å². The molecule has 0 atom stereocenters. The van der Waals surface area contributed by atoms with E-state index in [2.05, 4.69) is 10.3 Å². The van der Waals surface area contributed by atoms with Crippen LogP contribution in [0.15, 0.2) is 24.4 Å². The molecule has 0 saturated heterocycles. The molecule has 0 aromatic carbocycles. The van der Waals surface area contributed by atoms with E-state index in [4.69, 9.17) is 4.74 Å². The number of nitrogens with one attached hydrogen (secondary N) is 1. The van der Waals surface area contributed by atoms with Crippen LogP contribution in [0, 0.1) is 5.92 Å². The maximum Gasteiger partial charge on any atom is 0.213 e. The Labute approximate surface area is 84.5 Å². The van der Waals surface area contributed by atoms with Gasteiger partial charge in [0.15, 0.2) is 0 Å². The maximum atomic E-state index is 5.69. The lowest BCUT2D eigenvalue weighted by molar-refractivity contribution is 0.0617. The molecule has 0 amide bonds. The van der Waals surface area contributed by atoms with Crippen molar-refractivity contribution in [1.29, 1.82) is 0 Å². The SMILES string of the molecule is CNCC1CC(Oc2ccccn2)C1. The summed E-state index contributed by atoms with van der Waals surface area (Å²) in [5.41, 5.74) is 0. The van der Waals surface area contributed by atoms with Gasteiger partial charge in [-0.2, -0.15) is 0 Å². The van der Waals surface area contributed by atoms with Crippen molar-refractivity contribution >= 4 is 0 Å². The van der Waals surface area contributed by atoms with E-state index in [0.717, 1.165) is 31.2 Å². The number of rotatable bonds is 4. The first-order valence-electron chi connectivity index (χ1n) is 5.11. The standard InChI is InChI=1S/C11H16N2O/c1-12-8-9-6-10(7-9)14-11-4-2-3-5-13-11/h2-5,9-10,12H,6-8H2,1H3. The highest BCUT2D eigenvalue weighted by Crippen LogP contribution is 2.29. The first kappa shape index (κ1) is 9.46. The number of pyridine rings is 1. The van der Waals surface area contributed by atoms with Crippen molar-refractivity contribution in [1.82, 2.24) is 10.3 Å². The third kappa shape index (κ3) is 2.23. The summed E-state index contributed by atoms with van der Waals surface area (Å²) >= 11 is 0. The zero-order valence-corrected chi connectivity index (χ0v) is 8.44. The van der Waals surface area contributed by atoms with Crippen LogP contribution in [0.2, 0.25) is 0 Å². The summed E-state index contributed by atoms with van der Waals surface area (Å²) in [7, 11) is 1.99. The van der Waals surface area contributed by atoms with E-state index >= 15 is 0 Å². The molecule has 76 valence electrons. The molecule has 1 fully saturated rings. The molecule has 0 spiro atoms. The Morgan fingerprint density at radius 1 is 1.50 bits per heavy atom. The van der Waals surface area contributed by atoms with Crippen LogP contribution in [-0.4, -0.2) is 24.7 Å². The van der Waals surface area contributed by atoms with Crippen LogP contribution in [-0.2, 0) is 0 Å². The molecule has 1 aromatic rings. The first-order chi connectivity index (χ1) is 6.88. The fraction of sp³-hybridized carbons (Fsp3) is 0.545. The van der Waals surface area contributed by atoms with Gasteiger partial charge in [-0.25, -0.2) is 4.98 Å². The second-order valence-corrected chi connectivity index (χ2v) is 3.80. The molecule has 1 aliphatic carbocycles. The highest BCUT2D eigenvalue weighted by Gasteiger charge is 2.30. The molecule has 0 radical (unpaired) electrons. The molecule has 1 aromatic heterocycles. The van der Waals surface area contributed by atoms with Gasteiger partial charge in [-0.05, 0) is 38.4 Å². The lowest BCUT2D eigenvalue weighted by atomic mass is 9.82. The molecular weight excluding hydrogens is 176 g/mol. The van der Waals surface area contributed by atoms with Gasteiger partial charge in [0.25, 0.3) is 0 Å². The fourth-order valence-electron chi connectivity index (χ4n) is 1.81. The van der Waals surface area contributed by atoms with Gasteiger partial charge in [0, 0.05) is 12.3 Å². The topological polar surface area (TPSA) is 34.1 Å². The van der Waals surface area contributed by atoms with Crippen LogP contribution < -0.4 is 10.1 Å². The molecule has 3 heteroatoms. The van der Waals surface area contributed by atoms with E-state index in [9.17, 15) is 0 Å². The van der Waals surface area contributed by atoms with Crippen molar-refractivity contribution in [2.45, 2.75) is 18.9 Å². The summed E-state index contributed by atoms with van der Waals surface area (Å²) in [4.78, 5) is 4.13. The lowest BCUT2D eigenvalue weighted by Gasteiger charge is -2.34. The van der Waals surface area contributed by atoms with Gasteiger partial charge >= 0.3 is 0 Å².